The zero-order valence-electron chi connectivity index (χ0n) is 16.4. The van der Waals surface area contributed by atoms with Gasteiger partial charge in [-0.25, -0.2) is 4.98 Å². The van der Waals surface area contributed by atoms with E-state index in [1.807, 2.05) is 18.2 Å². The Kier molecular flexibility index (Phi) is 6.90. The van der Waals surface area contributed by atoms with Crippen molar-refractivity contribution >= 4 is 38.3 Å². The van der Waals surface area contributed by atoms with Gasteiger partial charge < -0.3 is 26.8 Å². The van der Waals surface area contributed by atoms with Gasteiger partial charge in [0.05, 0.1) is 22.4 Å². The molecule has 0 spiro atoms. The van der Waals surface area contributed by atoms with E-state index in [0.29, 0.717) is 11.3 Å². The Morgan fingerprint density at radius 2 is 2.17 bits per heavy atom. The van der Waals surface area contributed by atoms with Crippen LogP contribution in [0.2, 0.25) is 0 Å². The number of benzene rings is 1. The van der Waals surface area contributed by atoms with E-state index in [4.69, 9.17) is 5.73 Å². The van der Waals surface area contributed by atoms with Crippen molar-refractivity contribution in [1.29, 1.82) is 0 Å². The molecule has 6 N–H and O–H groups in total. The molecule has 0 bridgehead atoms. The molecule has 7 nitrogen and oxygen atoms in total. The minimum Gasteiger partial charge on any atom is -0.405 e. The number of fused-ring (bicyclic) bond motifs is 1. The summed E-state index contributed by atoms with van der Waals surface area (Å²) < 4.78 is 1.02. The SMILES string of the molecule is C=C(/C=C(\C=C/N)Nc1ccc2nc(N[C@@H]3CCCC[C@H]3O)sc2c1)C(=O)NC. The fourth-order valence-electron chi connectivity index (χ4n) is 3.31. The topological polar surface area (TPSA) is 112 Å². The Hall–Kier alpha value is -2.84. The predicted molar refractivity (Wildman–Crippen MR) is 120 cm³/mol. The number of anilines is 2. The van der Waals surface area contributed by atoms with Gasteiger partial charge in [0, 0.05) is 24.0 Å². The van der Waals surface area contributed by atoms with E-state index in [2.05, 4.69) is 27.5 Å². The summed E-state index contributed by atoms with van der Waals surface area (Å²) in [7, 11) is 1.56. The largest absolute Gasteiger partial charge is 0.405 e. The van der Waals surface area contributed by atoms with Crippen LogP contribution >= 0.6 is 11.3 Å². The molecule has 3 rings (SSSR count). The number of aliphatic hydroxyl groups is 1. The highest BCUT2D eigenvalue weighted by atomic mass is 32.1. The molecule has 1 aliphatic rings. The monoisotopic (exact) mass is 413 g/mol. The number of hydrogen-bond donors (Lipinski definition) is 5. The highest BCUT2D eigenvalue weighted by molar-refractivity contribution is 7.22. The summed E-state index contributed by atoms with van der Waals surface area (Å²) in [6, 6.07) is 5.91. The second-order valence-electron chi connectivity index (χ2n) is 6.99. The predicted octanol–water partition coefficient (Wildman–Crippen LogP) is 3.08. The number of hydrogen-bond acceptors (Lipinski definition) is 7. The van der Waals surface area contributed by atoms with Crippen molar-refractivity contribution in [1.82, 2.24) is 10.3 Å². The van der Waals surface area contributed by atoms with Crippen molar-refractivity contribution in [3.8, 4) is 0 Å². The number of aliphatic hydroxyl groups excluding tert-OH is 1. The maximum Gasteiger partial charge on any atom is 0.250 e. The highest BCUT2D eigenvalue weighted by Crippen LogP contribution is 2.31. The molecule has 0 aliphatic heterocycles. The van der Waals surface area contributed by atoms with Crippen molar-refractivity contribution in [3.63, 3.8) is 0 Å². The number of nitrogens with two attached hydrogens (primary N) is 1. The van der Waals surface area contributed by atoms with Crippen LogP contribution in [0.3, 0.4) is 0 Å². The molecule has 2 aromatic rings. The smallest absolute Gasteiger partial charge is 0.250 e. The Labute approximate surface area is 174 Å². The Balaban J connectivity index is 1.77. The molecular weight excluding hydrogens is 386 g/mol. The first-order valence-corrected chi connectivity index (χ1v) is 10.4. The number of carbonyl (C=O) groups is 1. The van der Waals surface area contributed by atoms with Gasteiger partial charge in [-0.05, 0) is 49.4 Å². The molecule has 0 saturated heterocycles. The van der Waals surface area contributed by atoms with Crippen LogP contribution in [0.5, 0.6) is 0 Å². The van der Waals surface area contributed by atoms with Gasteiger partial charge in [0.15, 0.2) is 5.13 Å². The molecule has 0 radical (unpaired) electrons. The van der Waals surface area contributed by atoms with Gasteiger partial charge in [0.2, 0.25) is 5.91 Å². The van der Waals surface area contributed by atoms with Crippen LogP contribution in [0.25, 0.3) is 10.2 Å². The van der Waals surface area contributed by atoms with E-state index in [9.17, 15) is 9.90 Å². The summed E-state index contributed by atoms with van der Waals surface area (Å²) in [5.41, 5.74) is 8.24. The highest BCUT2D eigenvalue weighted by Gasteiger charge is 2.23. The van der Waals surface area contributed by atoms with E-state index in [0.717, 1.165) is 46.7 Å². The number of rotatable bonds is 7. The first-order chi connectivity index (χ1) is 14.0. The summed E-state index contributed by atoms with van der Waals surface area (Å²) in [5.74, 6) is -0.256. The fraction of sp³-hybridized carbons (Fsp3) is 0.333. The van der Waals surface area contributed by atoms with Gasteiger partial charge in [-0.15, -0.1) is 0 Å². The average molecular weight is 414 g/mol. The van der Waals surface area contributed by atoms with Crippen molar-refractivity contribution in [2.24, 2.45) is 5.73 Å². The maximum atomic E-state index is 11.7. The van der Waals surface area contributed by atoms with Crippen LogP contribution in [0.1, 0.15) is 25.7 Å². The zero-order valence-corrected chi connectivity index (χ0v) is 17.3. The molecule has 1 heterocycles. The molecule has 1 amide bonds. The molecule has 1 fully saturated rings. The summed E-state index contributed by atoms with van der Waals surface area (Å²) in [5, 5.41) is 20.2. The van der Waals surface area contributed by atoms with Crippen molar-refractivity contribution < 1.29 is 9.90 Å². The molecular formula is C21H27N5O2S. The minimum atomic E-state index is -0.322. The maximum absolute atomic E-state index is 11.7. The van der Waals surface area contributed by atoms with Gasteiger partial charge in [0.25, 0.3) is 0 Å². The molecule has 2 atom stereocenters. The van der Waals surface area contributed by atoms with E-state index in [-0.39, 0.29) is 18.1 Å². The first-order valence-electron chi connectivity index (χ1n) is 9.63. The molecule has 29 heavy (non-hydrogen) atoms. The fourth-order valence-corrected chi connectivity index (χ4v) is 4.28. The lowest BCUT2D eigenvalue weighted by Crippen LogP contribution is -2.36. The third-order valence-corrected chi connectivity index (χ3v) is 5.79. The summed E-state index contributed by atoms with van der Waals surface area (Å²) in [6.45, 7) is 3.76. The Morgan fingerprint density at radius 3 is 2.90 bits per heavy atom. The van der Waals surface area contributed by atoms with Crippen LogP contribution < -0.4 is 21.7 Å². The Morgan fingerprint density at radius 1 is 1.38 bits per heavy atom. The summed E-state index contributed by atoms with van der Waals surface area (Å²) in [4.78, 5) is 16.3. The van der Waals surface area contributed by atoms with Gasteiger partial charge in [-0.2, -0.15) is 0 Å². The van der Waals surface area contributed by atoms with Crippen LogP contribution in [0.15, 0.2) is 54.4 Å². The van der Waals surface area contributed by atoms with Crippen molar-refractivity contribution in [3.05, 3.63) is 54.4 Å². The quantitative estimate of drug-likeness (QED) is 0.352. The van der Waals surface area contributed by atoms with Crippen LogP contribution in [0, 0.1) is 0 Å². The molecule has 1 aromatic carbocycles. The minimum absolute atomic E-state index is 0.0573. The van der Waals surface area contributed by atoms with Crippen LogP contribution in [-0.2, 0) is 4.79 Å². The standard InChI is InChI=1S/C21H27N5O2S/c1-13(20(28)23-2)11-15(9-10-22)24-14-7-8-17-19(12-14)29-21(26-17)25-16-5-3-4-6-18(16)27/h7-12,16,18,24,27H,1,3-6,22H2,2H3,(H,23,28)(H,25,26)/b10-9-,15-11+/t16-,18-/m1/s1. The van der Waals surface area contributed by atoms with E-state index >= 15 is 0 Å². The normalized spacial score (nSPS) is 20.0. The molecule has 1 aliphatic carbocycles. The number of aromatic nitrogens is 1. The number of amides is 1. The molecule has 154 valence electrons. The third-order valence-electron chi connectivity index (χ3n) is 4.84. The second kappa shape index (κ2) is 9.58. The second-order valence-corrected chi connectivity index (χ2v) is 8.02. The average Bonchev–Trinajstić information content (AvgIpc) is 3.10. The lowest BCUT2D eigenvalue weighted by atomic mass is 9.93. The molecule has 8 heteroatoms. The van der Waals surface area contributed by atoms with Crippen molar-refractivity contribution in [2.45, 2.75) is 37.8 Å². The lowest BCUT2D eigenvalue weighted by molar-refractivity contribution is -0.116. The number of thiazole rings is 1. The van der Waals surface area contributed by atoms with E-state index in [1.54, 1.807) is 30.5 Å². The summed E-state index contributed by atoms with van der Waals surface area (Å²) in [6.07, 6.45) is 8.38. The number of carbonyl (C=O) groups excluding carboxylic acids is 1. The number of nitrogens with zero attached hydrogens (tertiary/aromatic N) is 1. The van der Waals surface area contributed by atoms with E-state index < -0.39 is 0 Å². The van der Waals surface area contributed by atoms with Crippen LogP contribution in [0.4, 0.5) is 10.8 Å². The number of allylic oxidation sites excluding steroid dienone is 1. The van der Waals surface area contributed by atoms with E-state index in [1.165, 1.54) is 6.20 Å². The van der Waals surface area contributed by atoms with Crippen molar-refractivity contribution in [2.75, 3.05) is 17.7 Å². The van der Waals surface area contributed by atoms with Gasteiger partial charge in [-0.3, -0.25) is 4.79 Å². The van der Waals surface area contributed by atoms with Gasteiger partial charge in [-0.1, -0.05) is 30.8 Å². The number of likely N-dealkylation sites (N-methyl/N-ethyl adjacent to an activating group) is 1. The molecule has 1 aromatic heterocycles. The third kappa shape index (κ3) is 5.36. The summed E-state index contributed by atoms with van der Waals surface area (Å²) >= 11 is 1.55. The number of nitrogens with one attached hydrogen (secondary N) is 3. The molecule has 0 unspecified atom stereocenters. The van der Waals surface area contributed by atoms with Gasteiger partial charge in [0.1, 0.15) is 0 Å². The molecule has 1 saturated carbocycles. The first kappa shape index (κ1) is 20.9. The van der Waals surface area contributed by atoms with Gasteiger partial charge >= 0.3 is 0 Å². The zero-order chi connectivity index (χ0) is 20.8. The Bertz CT molecular complexity index is 950. The lowest BCUT2D eigenvalue weighted by Gasteiger charge is -2.27. The van der Waals surface area contributed by atoms with Crippen LogP contribution in [-0.4, -0.2) is 35.2 Å².